The lowest BCUT2D eigenvalue weighted by molar-refractivity contribution is -0.143. The van der Waals surface area contributed by atoms with Gasteiger partial charge in [0.25, 0.3) is 0 Å². The number of rotatable bonds is 5. The Morgan fingerprint density at radius 2 is 2.30 bits per heavy atom. The van der Waals surface area contributed by atoms with Crippen molar-refractivity contribution < 1.29 is 14.1 Å². The Morgan fingerprint density at radius 1 is 1.50 bits per heavy atom. The molecule has 0 aliphatic rings. The monoisotopic (exact) mass is 338 g/mol. The second kappa shape index (κ2) is 6.67. The van der Waals surface area contributed by atoms with Crippen LogP contribution in [0.5, 0.6) is 0 Å². The summed E-state index contributed by atoms with van der Waals surface area (Å²) in [4.78, 5) is 11.9. The second-order valence-electron chi connectivity index (χ2n) is 4.32. The molecule has 2 rings (SSSR count). The lowest BCUT2D eigenvalue weighted by Gasteiger charge is -2.16. The first-order valence-corrected chi connectivity index (χ1v) is 6.88. The van der Waals surface area contributed by atoms with Crippen LogP contribution in [0, 0.1) is 6.92 Å². The van der Waals surface area contributed by atoms with Crippen LogP contribution >= 0.6 is 15.9 Å². The summed E-state index contributed by atoms with van der Waals surface area (Å²) >= 11 is 3.39. The van der Waals surface area contributed by atoms with Crippen molar-refractivity contribution in [1.82, 2.24) is 10.5 Å². The molecule has 2 aromatic rings. The average molecular weight is 339 g/mol. The van der Waals surface area contributed by atoms with E-state index in [9.17, 15) is 4.79 Å². The Balaban J connectivity index is 2.14. The van der Waals surface area contributed by atoms with Gasteiger partial charge in [0.1, 0.15) is 11.8 Å². The van der Waals surface area contributed by atoms with E-state index in [1.807, 2.05) is 37.3 Å². The molecule has 0 spiro atoms. The van der Waals surface area contributed by atoms with Gasteiger partial charge >= 0.3 is 5.97 Å². The zero-order valence-corrected chi connectivity index (χ0v) is 12.8. The molecule has 0 amide bonds. The minimum atomic E-state index is -0.547. The van der Waals surface area contributed by atoms with Gasteiger partial charge in [0.15, 0.2) is 0 Å². The maximum Gasteiger partial charge on any atom is 0.327 e. The lowest BCUT2D eigenvalue weighted by Crippen LogP contribution is -2.29. The molecular formula is C14H15BrN2O3. The highest BCUT2D eigenvalue weighted by Crippen LogP contribution is 2.20. The summed E-state index contributed by atoms with van der Waals surface area (Å²) in [6.45, 7) is 2.24. The van der Waals surface area contributed by atoms with Crippen molar-refractivity contribution in [3.8, 4) is 0 Å². The lowest BCUT2D eigenvalue weighted by atomic mass is 10.1. The predicted octanol–water partition coefficient (Wildman–Crippen LogP) is 2.75. The third-order valence-electron chi connectivity index (χ3n) is 2.78. The quantitative estimate of drug-likeness (QED) is 0.849. The highest BCUT2D eigenvalue weighted by Gasteiger charge is 2.21. The first-order chi connectivity index (χ1) is 9.60. The molecule has 1 unspecified atom stereocenters. The van der Waals surface area contributed by atoms with Gasteiger partial charge < -0.3 is 9.26 Å². The van der Waals surface area contributed by atoms with E-state index in [0.717, 1.165) is 21.5 Å². The molecule has 1 N–H and O–H groups in total. The Kier molecular flexibility index (Phi) is 4.92. The predicted molar refractivity (Wildman–Crippen MR) is 77.0 cm³/mol. The van der Waals surface area contributed by atoms with Gasteiger partial charge in [0.2, 0.25) is 0 Å². The number of nitrogens with zero attached hydrogens (tertiary/aromatic N) is 1. The summed E-state index contributed by atoms with van der Waals surface area (Å²) in [6.07, 6.45) is 0. The number of ether oxygens (including phenoxy) is 1. The minimum absolute atomic E-state index is 0.344. The zero-order chi connectivity index (χ0) is 14.5. The molecule has 0 bridgehead atoms. The molecule has 0 saturated heterocycles. The number of hydrogen-bond acceptors (Lipinski definition) is 5. The van der Waals surface area contributed by atoms with Crippen LogP contribution in [-0.4, -0.2) is 18.2 Å². The number of aryl methyl sites for hydroxylation is 1. The van der Waals surface area contributed by atoms with Crippen LogP contribution in [0.2, 0.25) is 0 Å². The van der Waals surface area contributed by atoms with Gasteiger partial charge in [-0.05, 0) is 24.6 Å². The fourth-order valence-electron chi connectivity index (χ4n) is 1.85. The largest absolute Gasteiger partial charge is 0.468 e. The van der Waals surface area contributed by atoms with E-state index in [4.69, 9.17) is 9.26 Å². The molecule has 0 aliphatic carbocycles. The number of carbonyl (C=O) groups is 1. The van der Waals surface area contributed by atoms with Crippen LogP contribution in [0.4, 0.5) is 0 Å². The van der Waals surface area contributed by atoms with Crippen molar-refractivity contribution in [1.29, 1.82) is 0 Å². The number of hydrogen-bond donors (Lipinski definition) is 1. The van der Waals surface area contributed by atoms with E-state index >= 15 is 0 Å². The third kappa shape index (κ3) is 3.68. The maximum absolute atomic E-state index is 11.9. The molecular weight excluding hydrogens is 324 g/mol. The van der Waals surface area contributed by atoms with Crippen LogP contribution < -0.4 is 5.32 Å². The van der Waals surface area contributed by atoms with Crippen LogP contribution in [0.3, 0.4) is 0 Å². The van der Waals surface area contributed by atoms with Gasteiger partial charge in [-0.3, -0.25) is 5.32 Å². The molecule has 20 heavy (non-hydrogen) atoms. The van der Waals surface area contributed by atoms with Gasteiger partial charge in [0, 0.05) is 17.1 Å². The molecule has 1 aromatic carbocycles. The standard InChI is InChI=1S/C14H15BrN2O3/c1-9-6-12(17-20-9)8-16-13(14(18)19-2)10-4-3-5-11(15)7-10/h3-7,13,16H,8H2,1-2H3. The molecule has 5 nitrogen and oxygen atoms in total. The van der Waals surface area contributed by atoms with Crippen molar-refractivity contribution in [2.24, 2.45) is 0 Å². The maximum atomic E-state index is 11.9. The molecule has 1 heterocycles. The van der Waals surface area contributed by atoms with E-state index in [0.29, 0.717) is 6.54 Å². The van der Waals surface area contributed by atoms with Crippen LogP contribution in [0.1, 0.15) is 23.1 Å². The van der Waals surface area contributed by atoms with Gasteiger partial charge in [-0.25, -0.2) is 4.79 Å². The van der Waals surface area contributed by atoms with E-state index in [2.05, 4.69) is 26.4 Å². The number of halogens is 1. The van der Waals surface area contributed by atoms with Crippen molar-refractivity contribution in [2.75, 3.05) is 7.11 Å². The Labute approximate surface area is 125 Å². The fraction of sp³-hybridized carbons (Fsp3) is 0.286. The van der Waals surface area contributed by atoms with Crippen LogP contribution in [-0.2, 0) is 16.1 Å². The van der Waals surface area contributed by atoms with E-state index in [1.54, 1.807) is 0 Å². The van der Waals surface area contributed by atoms with Crippen LogP contribution in [0.15, 0.2) is 39.3 Å². The normalized spacial score (nSPS) is 12.2. The van der Waals surface area contributed by atoms with Crippen molar-refractivity contribution in [2.45, 2.75) is 19.5 Å². The minimum Gasteiger partial charge on any atom is -0.468 e. The molecule has 0 aliphatic heterocycles. The molecule has 0 fully saturated rings. The van der Waals surface area contributed by atoms with Gasteiger partial charge in [-0.15, -0.1) is 0 Å². The average Bonchev–Trinajstić information content (AvgIpc) is 2.84. The molecule has 1 atom stereocenters. The first kappa shape index (κ1) is 14.7. The van der Waals surface area contributed by atoms with Crippen molar-refractivity contribution in [3.63, 3.8) is 0 Å². The Morgan fingerprint density at radius 3 is 2.90 bits per heavy atom. The number of methoxy groups -OCH3 is 1. The summed E-state index contributed by atoms with van der Waals surface area (Å²) < 4.78 is 10.7. The number of nitrogens with one attached hydrogen (secondary N) is 1. The molecule has 1 aromatic heterocycles. The molecule has 0 saturated carbocycles. The number of aromatic nitrogens is 1. The third-order valence-corrected chi connectivity index (χ3v) is 3.28. The SMILES string of the molecule is COC(=O)C(NCc1cc(C)on1)c1cccc(Br)c1. The second-order valence-corrected chi connectivity index (χ2v) is 5.24. The molecule has 106 valence electrons. The molecule has 6 heteroatoms. The Bertz CT molecular complexity index is 598. The van der Waals surface area contributed by atoms with Gasteiger partial charge in [0.05, 0.1) is 12.8 Å². The summed E-state index contributed by atoms with van der Waals surface area (Å²) in [7, 11) is 1.37. The zero-order valence-electron chi connectivity index (χ0n) is 11.2. The van der Waals surface area contributed by atoms with E-state index < -0.39 is 6.04 Å². The highest BCUT2D eigenvalue weighted by molar-refractivity contribution is 9.10. The van der Waals surface area contributed by atoms with Gasteiger partial charge in [-0.1, -0.05) is 33.2 Å². The summed E-state index contributed by atoms with van der Waals surface area (Å²) in [6, 6.07) is 8.79. The van der Waals surface area contributed by atoms with E-state index in [-0.39, 0.29) is 5.97 Å². The summed E-state index contributed by atoms with van der Waals surface area (Å²) in [5.74, 6) is 0.391. The molecule has 0 radical (unpaired) electrons. The van der Waals surface area contributed by atoms with Crippen molar-refractivity contribution in [3.05, 3.63) is 51.8 Å². The van der Waals surface area contributed by atoms with Crippen molar-refractivity contribution >= 4 is 21.9 Å². The fourth-order valence-corrected chi connectivity index (χ4v) is 2.27. The highest BCUT2D eigenvalue weighted by atomic mass is 79.9. The summed E-state index contributed by atoms with van der Waals surface area (Å²) in [5.41, 5.74) is 1.57. The van der Waals surface area contributed by atoms with Crippen LogP contribution in [0.25, 0.3) is 0 Å². The topological polar surface area (TPSA) is 64.4 Å². The number of esters is 1. The van der Waals surface area contributed by atoms with E-state index in [1.165, 1.54) is 7.11 Å². The van der Waals surface area contributed by atoms with Gasteiger partial charge in [-0.2, -0.15) is 0 Å². The smallest absolute Gasteiger partial charge is 0.327 e. The summed E-state index contributed by atoms with van der Waals surface area (Å²) in [5, 5.41) is 7.01. The Hall–Kier alpha value is -1.66. The number of benzene rings is 1. The first-order valence-electron chi connectivity index (χ1n) is 6.09. The number of carbonyl (C=O) groups excluding carboxylic acids is 1.